The molecule has 0 saturated carbocycles. The van der Waals surface area contributed by atoms with Gasteiger partial charge in [-0.15, -0.1) is 0 Å². The molecule has 0 bridgehead atoms. The van der Waals surface area contributed by atoms with Crippen molar-refractivity contribution in [1.82, 2.24) is 15.0 Å². The second-order valence-corrected chi connectivity index (χ2v) is 9.12. The van der Waals surface area contributed by atoms with Crippen LogP contribution < -0.4 is 20.9 Å². The minimum absolute atomic E-state index is 0.00352. The number of halogens is 2. The molecule has 0 unspecified atom stereocenters. The van der Waals surface area contributed by atoms with Gasteiger partial charge in [-0.1, -0.05) is 0 Å². The first-order chi connectivity index (χ1) is 18.1. The monoisotopic (exact) mass is 521 g/mol. The van der Waals surface area contributed by atoms with Crippen molar-refractivity contribution in [1.29, 1.82) is 5.41 Å². The fourth-order valence-electron chi connectivity index (χ4n) is 3.49. The number of aromatic nitrogens is 3. The van der Waals surface area contributed by atoms with Crippen molar-refractivity contribution >= 4 is 40.5 Å². The summed E-state index contributed by atoms with van der Waals surface area (Å²) in [5.41, 5.74) is -0.0411. The zero-order valence-electron chi connectivity index (χ0n) is 21.0. The molecule has 0 aliphatic carbocycles. The lowest BCUT2D eigenvalue weighted by Crippen LogP contribution is -2.27. The summed E-state index contributed by atoms with van der Waals surface area (Å²) in [5, 5.41) is 12.2. The molecule has 38 heavy (non-hydrogen) atoms. The lowest BCUT2D eigenvalue weighted by atomic mass is 10.1. The zero-order valence-corrected chi connectivity index (χ0v) is 21.0. The molecular formula is C26H25F2N7O3. The third-order valence-corrected chi connectivity index (χ3v) is 5.16. The van der Waals surface area contributed by atoms with E-state index in [0.717, 1.165) is 6.34 Å². The van der Waals surface area contributed by atoms with Crippen LogP contribution in [0.2, 0.25) is 0 Å². The Bertz CT molecular complexity index is 1600. The van der Waals surface area contributed by atoms with Gasteiger partial charge in [-0.2, -0.15) is 0 Å². The average molecular weight is 522 g/mol. The first-order valence-corrected chi connectivity index (χ1v) is 11.4. The number of hydrogen-bond acceptors (Lipinski definition) is 7. The molecule has 12 heteroatoms. The van der Waals surface area contributed by atoms with Crippen molar-refractivity contribution in [3.8, 4) is 11.5 Å². The number of hydrogen-bond donors (Lipinski definition) is 4. The van der Waals surface area contributed by atoms with Gasteiger partial charge >= 0.3 is 6.09 Å². The quantitative estimate of drug-likeness (QED) is 0.183. The normalized spacial score (nSPS) is 11.8. The maximum atomic E-state index is 15.5. The van der Waals surface area contributed by atoms with E-state index >= 15 is 8.78 Å². The number of nitrogens with zero attached hydrogens (tertiary/aromatic N) is 3. The van der Waals surface area contributed by atoms with Gasteiger partial charge in [0.05, 0.1) is 22.3 Å². The van der Waals surface area contributed by atoms with E-state index in [9.17, 15) is 4.79 Å². The van der Waals surface area contributed by atoms with Gasteiger partial charge in [-0.05, 0) is 58.0 Å². The SMILES string of the molecule is Cc1c(Oc2cc[nH]/c(=N\C=N)c2)ccc(Nc2ncnc3ccc(NC(=O)OC(C)(C)C)c(F)c23)c1F. The number of carbonyl (C=O) groups is 1. The summed E-state index contributed by atoms with van der Waals surface area (Å²) in [6.45, 7) is 6.61. The molecule has 2 heterocycles. The highest BCUT2D eigenvalue weighted by Gasteiger charge is 2.20. The number of benzene rings is 2. The van der Waals surface area contributed by atoms with E-state index < -0.39 is 23.3 Å². The van der Waals surface area contributed by atoms with Crippen LogP contribution in [0.1, 0.15) is 26.3 Å². The molecule has 4 N–H and O–H groups in total. The summed E-state index contributed by atoms with van der Waals surface area (Å²) >= 11 is 0. The molecule has 2 aromatic carbocycles. The van der Waals surface area contributed by atoms with E-state index in [1.807, 2.05) is 0 Å². The van der Waals surface area contributed by atoms with Crippen molar-refractivity contribution in [2.24, 2.45) is 4.99 Å². The summed E-state index contributed by atoms with van der Waals surface area (Å²) in [4.78, 5) is 27.0. The molecule has 0 aliphatic rings. The number of carbonyl (C=O) groups excluding carboxylic acids is 1. The van der Waals surface area contributed by atoms with Crippen molar-refractivity contribution in [2.75, 3.05) is 10.6 Å². The highest BCUT2D eigenvalue weighted by Crippen LogP contribution is 2.34. The molecule has 0 saturated heterocycles. The standard InChI is InChI=1S/C26H25F2N7O3/c1-14-19(37-15-9-10-30-20(11-15)31-12-29)8-7-17(22(14)27)34-24-21-16(32-13-33-24)5-6-18(23(21)28)35-25(36)38-26(2,3)4/h5-13H,1-4H3,(H,35,36)(H2,29,30,31)(H,32,33,34). The number of aromatic amines is 1. The smallest absolute Gasteiger partial charge is 0.412 e. The zero-order chi connectivity index (χ0) is 27.4. The van der Waals surface area contributed by atoms with Crippen LogP contribution >= 0.6 is 0 Å². The Morgan fingerprint density at radius 2 is 1.87 bits per heavy atom. The molecule has 4 rings (SSSR count). The summed E-state index contributed by atoms with van der Waals surface area (Å²) < 4.78 is 41.8. The van der Waals surface area contributed by atoms with Gasteiger partial charge in [0.1, 0.15) is 41.1 Å². The number of H-pyrrole nitrogens is 1. The van der Waals surface area contributed by atoms with Crippen molar-refractivity contribution in [3.63, 3.8) is 0 Å². The van der Waals surface area contributed by atoms with Gasteiger partial charge in [0, 0.05) is 17.8 Å². The summed E-state index contributed by atoms with van der Waals surface area (Å²) in [5.74, 6) is -0.793. The highest BCUT2D eigenvalue weighted by atomic mass is 19.1. The highest BCUT2D eigenvalue weighted by molar-refractivity contribution is 5.96. The third-order valence-electron chi connectivity index (χ3n) is 5.16. The Balaban J connectivity index is 1.64. The predicted molar refractivity (Wildman–Crippen MR) is 139 cm³/mol. The maximum Gasteiger partial charge on any atom is 0.412 e. The van der Waals surface area contributed by atoms with Crippen LogP contribution in [0.3, 0.4) is 0 Å². The molecule has 4 aromatic rings. The van der Waals surface area contributed by atoms with Crippen LogP contribution in [-0.4, -0.2) is 33.0 Å². The van der Waals surface area contributed by atoms with Crippen molar-refractivity contribution < 1.29 is 23.0 Å². The van der Waals surface area contributed by atoms with E-state index in [-0.39, 0.29) is 39.4 Å². The van der Waals surface area contributed by atoms with Gasteiger partial charge in [-0.3, -0.25) is 10.7 Å². The Labute approximate surface area is 216 Å². The summed E-state index contributed by atoms with van der Waals surface area (Å²) in [6, 6.07) is 9.05. The number of rotatable bonds is 6. The van der Waals surface area contributed by atoms with Crippen LogP contribution in [-0.2, 0) is 4.74 Å². The van der Waals surface area contributed by atoms with E-state index in [1.54, 1.807) is 45.2 Å². The Morgan fingerprint density at radius 1 is 1.11 bits per heavy atom. The number of nitrogens with one attached hydrogen (secondary N) is 4. The van der Waals surface area contributed by atoms with E-state index in [4.69, 9.17) is 14.9 Å². The number of ether oxygens (including phenoxy) is 2. The third kappa shape index (κ3) is 5.91. The van der Waals surface area contributed by atoms with E-state index in [1.165, 1.54) is 31.5 Å². The fraction of sp³-hybridized carbons (Fsp3) is 0.192. The molecule has 1 amide bonds. The summed E-state index contributed by atoms with van der Waals surface area (Å²) in [6.07, 6.45) is 2.86. The molecular weight excluding hydrogens is 496 g/mol. The maximum absolute atomic E-state index is 15.5. The van der Waals surface area contributed by atoms with Gasteiger partial charge in [0.25, 0.3) is 0 Å². The molecule has 0 aliphatic heterocycles. The number of anilines is 3. The Morgan fingerprint density at radius 3 is 2.61 bits per heavy atom. The second kappa shape index (κ2) is 10.6. The largest absolute Gasteiger partial charge is 0.457 e. The predicted octanol–water partition coefficient (Wildman–Crippen LogP) is 5.94. The number of amides is 1. The van der Waals surface area contributed by atoms with Crippen molar-refractivity contribution in [2.45, 2.75) is 33.3 Å². The minimum Gasteiger partial charge on any atom is -0.457 e. The second-order valence-electron chi connectivity index (χ2n) is 9.12. The van der Waals surface area contributed by atoms with Gasteiger partial charge in [0.15, 0.2) is 11.6 Å². The Hall–Kier alpha value is -4.87. The molecule has 0 fully saturated rings. The average Bonchev–Trinajstić information content (AvgIpc) is 2.85. The number of pyridine rings is 1. The lowest BCUT2D eigenvalue weighted by molar-refractivity contribution is 0.0635. The fourth-order valence-corrected chi connectivity index (χ4v) is 3.49. The summed E-state index contributed by atoms with van der Waals surface area (Å²) in [7, 11) is 0. The molecule has 0 atom stereocenters. The van der Waals surface area contributed by atoms with Crippen LogP contribution in [0.15, 0.2) is 53.9 Å². The molecule has 196 valence electrons. The van der Waals surface area contributed by atoms with E-state index in [2.05, 4.69) is 30.6 Å². The molecule has 0 radical (unpaired) electrons. The van der Waals surface area contributed by atoms with Gasteiger partial charge < -0.3 is 19.8 Å². The Kier molecular flexibility index (Phi) is 7.33. The van der Waals surface area contributed by atoms with Crippen LogP contribution in [0.25, 0.3) is 10.9 Å². The van der Waals surface area contributed by atoms with Crippen LogP contribution in [0, 0.1) is 24.0 Å². The number of fused-ring (bicyclic) bond motifs is 1. The molecule has 0 spiro atoms. The first-order valence-electron chi connectivity index (χ1n) is 11.4. The van der Waals surface area contributed by atoms with Gasteiger partial charge in [0.2, 0.25) is 0 Å². The van der Waals surface area contributed by atoms with Crippen molar-refractivity contribution in [3.05, 3.63) is 71.6 Å². The molecule has 10 nitrogen and oxygen atoms in total. The van der Waals surface area contributed by atoms with Crippen LogP contribution in [0.5, 0.6) is 11.5 Å². The first kappa shape index (κ1) is 26.2. The lowest BCUT2D eigenvalue weighted by Gasteiger charge is -2.20. The van der Waals surface area contributed by atoms with Crippen LogP contribution in [0.4, 0.5) is 30.8 Å². The van der Waals surface area contributed by atoms with Gasteiger partial charge in [-0.25, -0.2) is 28.5 Å². The topological polar surface area (TPSA) is 137 Å². The minimum atomic E-state index is -0.825. The molecule has 2 aromatic heterocycles. The van der Waals surface area contributed by atoms with E-state index in [0.29, 0.717) is 11.2 Å².